The van der Waals surface area contributed by atoms with Gasteiger partial charge in [0.05, 0.1) is 16.2 Å². The largest absolute Gasteiger partial charge is 0.397 e. The molecule has 0 radical (unpaired) electrons. The third-order valence-electron chi connectivity index (χ3n) is 2.27. The molecule has 14 heavy (non-hydrogen) atoms. The van der Waals surface area contributed by atoms with Gasteiger partial charge in [0.2, 0.25) is 0 Å². The third kappa shape index (κ3) is 1.32. The van der Waals surface area contributed by atoms with Crippen LogP contribution in [0.3, 0.4) is 0 Å². The van der Waals surface area contributed by atoms with Crippen LogP contribution < -0.4 is 5.73 Å². The molecule has 0 atom stereocenters. The first-order chi connectivity index (χ1) is 6.59. The van der Waals surface area contributed by atoms with Crippen molar-refractivity contribution in [2.75, 3.05) is 5.73 Å². The fourth-order valence-electron chi connectivity index (χ4n) is 1.67. The van der Waals surface area contributed by atoms with E-state index in [9.17, 15) is 0 Å². The molecule has 1 aromatic carbocycles. The van der Waals surface area contributed by atoms with E-state index in [1.165, 1.54) is 0 Å². The van der Waals surface area contributed by atoms with Crippen LogP contribution in [-0.4, -0.2) is 4.98 Å². The van der Waals surface area contributed by atoms with Crippen molar-refractivity contribution in [3.63, 3.8) is 0 Å². The van der Waals surface area contributed by atoms with E-state index in [0.717, 1.165) is 22.2 Å². The molecule has 1 aromatic heterocycles. The summed E-state index contributed by atoms with van der Waals surface area (Å²) < 4.78 is 0. The highest BCUT2D eigenvalue weighted by molar-refractivity contribution is 6.36. The van der Waals surface area contributed by atoms with E-state index >= 15 is 0 Å². The van der Waals surface area contributed by atoms with Gasteiger partial charge in [0.25, 0.3) is 0 Å². The summed E-state index contributed by atoms with van der Waals surface area (Å²) in [6.45, 7) is 3.97. The maximum absolute atomic E-state index is 6.09. The maximum Gasteiger partial charge on any atom is 0.0951 e. The van der Waals surface area contributed by atoms with Crippen LogP contribution >= 0.6 is 11.6 Å². The standard InChI is InChI=1S/C11H11ClN2/c1-6-5-7(2)14-11-9(13)4-3-8(12)10(6)11/h3-5H,13H2,1-2H3. The molecule has 72 valence electrons. The Hall–Kier alpha value is -1.28. The predicted molar refractivity (Wildman–Crippen MR) is 60.6 cm³/mol. The molecule has 0 bridgehead atoms. The Kier molecular flexibility index (Phi) is 2.08. The van der Waals surface area contributed by atoms with Crippen LogP contribution in [0.4, 0.5) is 5.69 Å². The number of fused-ring (bicyclic) bond motifs is 1. The Morgan fingerprint density at radius 1 is 1.29 bits per heavy atom. The molecular weight excluding hydrogens is 196 g/mol. The normalized spacial score (nSPS) is 10.8. The summed E-state index contributed by atoms with van der Waals surface area (Å²) in [5, 5.41) is 1.66. The molecule has 2 nitrogen and oxygen atoms in total. The van der Waals surface area contributed by atoms with Crippen molar-refractivity contribution in [3.05, 3.63) is 34.5 Å². The molecular formula is C11H11ClN2. The number of aryl methyl sites for hydroxylation is 2. The van der Waals surface area contributed by atoms with Crippen LogP contribution in [0.1, 0.15) is 11.3 Å². The van der Waals surface area contributed by atoms with E-state index in [1.54, 1.807) is 6.07 Å². The monoisotopic (exact) mass is 206 g/mol. The van der Waals surface area contributed by atoms with Gasteiger partial charge in [-0.25, -0.2) is 0 Å². The summed E-state index contributed by atoms with van der Waals surface area (Å²) in [5.74, 6) is 0. The van der Waals surface area contributed by atoms with Crippen molar-refractivity contribution >= 4 is 28.2 Å². The summed E-state index contributed by atoms with van der Waals surface area (Å²) >= 11 is 6.09. The third-order valence-corrected chi connectivity index (χ3v) is 2.58. The number of rotatable bonds is 0. The second-order valence-corrected chi connectivity index (χ2v) is 3.85. The molecule has 2 rings (SSSR count). The lowest BCUT2D eigenvalue weighted by molar-refractivity contribution is 1.23. The molecule has 0 fully saturated rings. The number of aromatic nitrogens is 1. The van der Waals surface area contributed by atoms with Crippen molar-refractivity contribution in [2.24, 2.45) is 0 Å². The van der Waals surface area contributed by atoms with Gasteiger partial charge in [-0.15, -0.1) is 0 Å². The zero-order valence-electron chi connectivity index (χ0n) is 8.13. The van der Waals surface area contributed by atoms with Gasteiger partial charge in [-0.1, -0.05) is 11.6 Å². The summed E-state index contributed by atoms with van der Waals surface area (Å²) in [6.07, 6.45) is 0. The van der Waals surface area contributed by atoms with Crippen LogP contribution in [-0.2, 0) is 0 Å². The average Bonchev–Trinajstić information content (AvgIpc) is 2.10. The SMILES string of the molecule is Cc1cc(C)c2c(Cl)ccc(N)c2n1. The van der Waals surface area contributed by atoms with Crippen LogP contribution in [0, 0.1) is 13.8 Å². The van der Waals surface area contributed by atoms with Gasteiger partial charge in [-0.3, -0.25) is 4.98 Å². The Balaban J connectivity index is 3.00. The Labute approximate surface area is 87.7 Å². The van der Waals surface area contributed by atoms with Crippen molar-refractivity contribution in [1.29, 1.82) is 0 Å². The molecule has 0 aliphatic rings. The van der Waals surface area contributed by atoms with Gasteiger partial charge < -0.3 is 5.73 Å². The van der Waals surface area contributed by atoms with Crippen LogP contribution in [0.15, 0.2) is 18.2 Å². The van der Waals surface area contributed by atoms with E-state index in [2.05, 4.69) is 4.98 Å². The minimum absolute atomic E-state index is 0.677. The van der Waals surface area contributed by atoms with Crippen molar-refractivity contribution in [3.8, 4) is 0 Å². The zero-order chi connectivity index (χ0) is 10.3. The van der Waals surface area contributed by atoms with Gasteiger partial charge in [0.15, 0.2) is 0 Å². The predicted octanol–water partition coefficient (Wildman–Crippen LogP) is 3.09. The Bertz CT molecular complexity index is 506. The second-order valence-electron chi connectivity index (χ2n) is 3.44. The number of nitrogens with two attached hydrogens (primary N) is 1. The first-order valence-electron chi connectivity index (χ1n) is 4.41. The molecule has 0 saturated heterocycles. The van der Waals surface area contributed by atoms with Gasteiger partial charge in [-0.2, -0.15) is 0 Å². The lowest BCUT2D eigenvalue weighted by atomic mass is 10.1. The first-order valence-corrected chi connectivity index (χ1v) is 4.79. The molecule has 0 spiro atoms. The lowest BCUT2D eigenvalue weighted by Gasteiger charge is -2.07. The topological polar surface area (TPSA) is 38.9 Å². The minimum atomic E-state index is 0.677. The van der Waals surface area contributed by atoms with Crippen molar-refractivity contribution in [1.82, 2.24) is 4.98 Å². The number of nitrogen functional groups attached to an aromatic ring is 1. The number of nitrogens with zero attached hydrogens (tertiary/aromatic N) is 1. The fraction of sp³-hybridized carbons (Fsp3) is 0.182. The number of benzene rings is 1. The number of hydrogen-bond acceptors (Lipinski definition) is 2. The smallest absolute Gasteiger partial charge is 0.0951 e. The molecule has 0 aliphatic heterocycles. The van der Waals surface area contributed by atoms with Gasteiger partial charge in [0.1, 0.15) is 0 Å². The Morgan fingerprint density at radius 3 is 2.71 bits per heavy atom. The first kappa shape index (κ1) is 9.28. The molecule has 0 unspecified atom stereocenters. The highest BCUT2D eigenvalue weighted by atomic mass is 35.5. The number of hydrogen-bond donors (Lipinski definition) is 1. The van der Waals surface area contributed by atoms with Gasteiger partial charge in [0, 0.05) is 11.1 Å². The molecule has 1 heterocycles. The van der Waals surface area contributed by atoms with E-state index in [4.69, 9.17) is 17.3 Å². The maximum atomic E-state index is 6.09. The average molecular weight is 207 g/mol. The van der Waals surface area contributed by atoms with E-state index < -0.39 is 0 Å². The fourth-order valence-corrected chi connectivity index (χ4v) is 1.97. The van der Waals surface area contributed by atoms with E-state index in [0.29, 0.717) is 10.7 Å². The molecule has 3 heteroatoms. The molecule has 2 aromatic rings. The molecule has 0 amide bonds. The quantitative estimate of drug-likeness (QED) is 0.673. The van der Waals surface area contributed by atoms with E-state index in [-0.39, 0.29) is 0 Å². The van der Waals surface area contributed by atoms with Crippen molar-refractivity contribution < 1.29 is 0 Å². The molecule has 0 aliphatic carbocycles. The molecule has 0 saturated carbocycles. The molecule has 2 N–H and O–H groups in total. The highest BCUT2D eigenvalue weighted by Crippen LogP contribution is 2.29. The van der Waals surface area contributed by atoms with Crippen molar-refractivity contribution in [2.45, 2.75) is 13.8 Å². The van der Waals surface area contributed by atoms with Gasteiger partial charge >= 0.3 is 0 Å². The number of anilines is 1. The minimum Gasteiger partial charge on any atom is -0.397 e. The summed E-state index contributed by atoms with van der Waals surface area (Å²) in [5.41, 5.74) is 9.40. The van der Waals surface area contributed by atoms with Gasteiger partial charge in [-0.05, 0) is 37.6 Å². The van der Waals surface area contributed by atoms with Crippen LogP contribution in [0.2, 0.25) is 5.02 Å². The van der Waals surface area contributed by atoms with Crippen LogP contribution in [0.25, 0.3) is 10.9 Å². The lowest BCUT2D eigenvalue weighted by Crippen LogP contribution is -1.93. The zero-order valence-corrected chi connectivity index (χ0v) is 8.89. The number of pyridine rings is 1. The van der Waals surface area contributed by atoms with Crippen LogP contribution in [0.5, 0.6) is 0 Å². The second kappa shape index (κ2) is 3.14. The Morgan fingerprint density at radius 2 is 2.00 bits per heavy atom. The number of halogens is 1. The summed E-state index contributed by atoms with van der Waals surface area (Å²) in [6, 6.07) is 5.60. The van der Waals surface area contributed by atoms with E-state index in [1.807, 2.05) is 26.0 Å². The summed E-state index contributed by atoms with van der Waals surface area (Å²) in [4.78, 5) is 4.39. The highest BCUT2D eigenvalue weighted by Gasteiger charge is 2.07. The summed E-state index contributed by atoms with van der Waals surface area (Å²) in [7, 11) is 0.